The minimum Gasteiger partial charge on any atom is -0.255 e. The predicted octanol–water partition coefficient (Wildman–Crippen LogP) is 4.67. The van der Waals surface area contributed by atoms with E-state index < -0.39 is 0 Å². The average Bonchev–Trinajstić information content (AvgIpc) is 2.73. The van der Waals surface area contributed by atoms with E-state index >= 15 is 0 Å². The Morgan fingerprint density at radius 3 is 2.88 bits per heavy atom. The number of hydrogen-bond acceptors (Lipinski definition) is 3. The topological polar surface area (TPSA) is 25.2 Å². The van der Waals surface area contributed by atoms with E-state index in [-0.39, 0.29) is 0 Å². The van der Waals surface area contributed by atoms with Crippen LogP contribution in [0.25, 0.3) is 0 Å². The fourth-order valence-corrected chi connectivity index (χ4v) is 2.25. The highest BCUT2D eigenvalue weighted by atomic mass is 35.5. The maximum atomic E-state index is 5.75. The zero-order chi connectivity index (χ0) is 12.3. The van der Waals surface area contributed by atoms with Gasteiger partial charge in [-0.1, -0.05) is 37.6 Å². The van der Waals surface area contributed by atoms with E-state index in [4.69, 9.17) is 11.6 Å². The van der Waals surface area contributed by atoms with Crippen molar-refractivity contribution in [3.05, 3.63) is 45.4 Å². The molecule has 0 amide bonds. The van der Waals surface area contributed by atoms with E-state index in [0.29, 0.717) is 10.4 Å². The van der Waals surface area contributed by atoms with Crippen molar-refractivity contribution in [1.82, 2.24) is 4.98 Å². The summed E-state index contributed by atoms with van der Waals surface area (Å²) >= 11 is 7.18. The number of hydrogen-bond donors (Lipinski definition) is 0. The predicted molar refractivity (Wildman–Crippen MR) is 74.9 cm³/mol. The third-order valence-electron chi connectivity index (χ3n) is 2.37. The molecule has 0 unspecified atom stereocenters. The van der Waals surface area contributed by atoms with E-state index in [1.807, 2.05) is 12.1 Å². The van der Waals surface area contributed by atoms with E-state index in [2.05, 4.69) is 36.0 Å². The fraction of sp³-hybridized carbons (Fsp3) is 0.231. The molecule has 0 N–H and O–H groups in total. The van der Waals surface area contributed by atoms with Crippen molar-refractivity contribution in [2.45, 2.75) is 19.8 Å². The summed E-state index contributed by atoms with van der Waals surface area (Å²) < 4.78 is 0.544. The SMILES string of the molecule is CC(C)c1cccc(N=Cc2cnc(Cl)s2)c1. The van der Waals surface area contributed by atoms with Crippen LogP contribution in [0.2, 0.25) is 4.47 Å². The van der Waals surface area contributed by atoms with E-state index in [1.165, 1.54) is 16.9 Å². The Kier molecular flexibility index (Phi) is 3.92. The van der Waals surface area contributed by atoms with Crippen LogP contribution < -0.4 is 0 Å². The Morgan fingerprint density at radius 1 is 1.41 bits per heavy atom. The maximum Gasteiger partial charge on any atom is 0.184 e. The number of rotatable bonds is 3. The average molecular weight is 265 g/mol. The number of aromatic nitrogens is 1. The van der Waals surface area contributed by atoms with Crippen LogP contribution in [-0.4, -0.2) is 11.2 Å². The van der Waals surface area contributed by atoms with Crippen LogP contribution in [0.4, 0.5) is 5.69 Å². The summed E-state index contributed by atoms with van der Waals surface area (Å²) in [6.45, 7) is 4.34. The largest absolute Gasteiger partial charge is 0.255 e. The zero-order valence-electron chi connectivity index (χ0n) is 9.72. The molecule has 2 nitrogen and oxygen atoms in total. The van der Waals surface area contributed by atoms with Crippen LogP contribution in [-0.2, 0) is 0 Å². The van der Waals surface area contributed by atoms with Gasteiger partial charge in [0.05, 0.1) is 10.6 Å². The molecule has 0 radical (unpaired) electrons. The lowest BCUT2D eigenvalue weighted by Gasteiger charge is -2.04. The normalized spacial score (nSPS) is 11.5. The molecule has 0 fully saturated rings. The summed E-state index contributed by atoms with van der Waals surface area (Å²) in [6.07, 6.45) is 3.52. The second-order valence-electron chi connectivity index (χ2n) is 4.02. The van der Waals surface area contributed by atoms with Crippen LogP contribution in [0, 0.1) is 0 Å². The molecular weight excluding hydrogens is 252 g/mol. The lowest BCUT2D eigenvalue weighted by molar-refractivity contribution is 0.867. The van der Waals surface area contributed by atoms with Crippen LogP contribution in [0.3, 0.4) is 0 Å². The van der Waals surface area contributed by atoms with Crippen LogP contribution in [0.5, 0.6) is 0 Å². The molecule has 1 aromatic carbocycles. The number of aliphatic imine (C=N–C) groups is 1. The van der Waals surface area contributed by atoms with Crippen molar-refractivity contribution in [3.8, 4) is 0 Å². The molecule has 0 saturated heterocycles. The second kappa shape index (κ2) is 5.43. The number of benzene rings is 1. The molecule has 2 rings (SSSR count). The number of nitrogens with zero attached hydrogens (tertiary/aromatic N) is 2. The standard InChI is InChI=1S/C13H13ClN2S/c1-9(2)10-4-3-5-11(6-10)15-7-12-8-16-13(14)17-12/h3-9H,1-2H3. The number of halogens is 1. The monoisotopic (exact) mass is 264 g/mol. The zero-order valence-corrected chi connectivity index (χ0v) is 11.3. The van der Waals surface area contributed by atoms with Crippen molar-refractivity contribution < 1.29 is 0 Å². The highest BCUT2D eigenvalue weighted by Gasteiger charge is 1.99. The van der Waals surface area contributed by atoms with Crippen molar-refractivity contribution in [2.24, 2.45) is 4.99 Å². The molecule has 2 aromatic rings. The first-order chi connectivity index (χ1) is 8.15. The highest BCUT2D eigenvalue weighted by Crippen LogP contribution is 2.21. The summed E-state index contributed by atoms with van der Waals surface area (Å²) in [4.78, 5) is 9.35. The Bertz CT molecular complexity index is 532. The molecule has 4 heteroatoms. The van der Waals surface area contributed by atoms with Gasteiger partial charge in [-0.05, 0) is 23.6 Å². The first-order valence-electron chi connectivity index (χ1n) is 5.40. The number of thiazole rings is 1. The molecule has 0 atom stereocenters. The smallest absolute Gasteiger partial charge is 0.184 e. The van der Waals surface area contributed by atoms with Gasteiger partial charge in [-0.2, -0.15) is 0 Å². The summed E-state index contributed by atoms with van der Waals surface area (Å²) in [5, 5.41) is 0. The van der Waals surface area contributed by atoms with E-state index in [1.54, 1.807) is 12.4 Å². The lowest BCUT2D eigenvalue weighted by Crippen LogP contribution is -1.85. The molecule has 0 spiro atoms. The minimum atomic E-state index is 0.517. The van der Waals surface area contributed by atoms with Gasteiger partial charge in [0.1, 0.15) is 0 Å². The Morgan fingerprint density at radius 2 is 2.24 bits per heavy atom. The first kappa shape index (κ1) is 12.3. The van der Waals surface area contributed by atoms with Crippen LogP contribution >= 0.6 is 22.9 Å². The summed E-state index contributed by atoms with van der Waals surface area (Å²) in [5.74, 6) is 0.517. The molecule has 17 heavy (non-hydrogen) atoms. The molecular formula is C13H13ClN2S. The van der Waals surface area contributed by atoms with E-state index in [9.17, 15) is 0 Å². The molecule has 1 aromatic heterocycles. The molecule has 0 bridgehead atoms. The van der Waals surface area contributed by atoms with Gasteiger partial charge in [-0.3, -0.25) is 4.99 Å². The van der Waals surface area contributed by atoms with Gasteiger partial charge in [0.2, 0.25) is 0 Å². The summed E-state index contributed by atoms with van der Waals surface area (Å²) in [5.41, 5.74) is 2.25. The molecule has 0 aliphatic rings. The van der Waals surface area contributed by atoms with Crippen molar-refractivity contribution in [2.75, 3.05) is 0 Å². The van der Waals surface area contributed by atoms with Gasteiger partial charge >= 0.3 is 0 Å². The van der Waals surface area contributed by atoms with Gasteiger partial charge in [-0.25, -0.2) is 4.98 Å². The Hall–Kier alpha value is -1.19. The van der Waals surface area contributed by atoms with Crippen LogP contribution in [0.15, 0.2) is 35.5 Å². The van der Waals surface area contributed by atoms with E-state index in [0.717, 1.165) is 10.6 Å². The molecule has 1 heterocycles. The van der Waals surface area contributed by atoms with Gasteiger partial charge in [0.25, 0.3) is 0 Å². The van der Waals surface area contributed by atoms with Crippen molar-refractivity contribution in [3.63, 3.8) is 0 Å². The Balaban J connectivity index is 2.18. The third-order valence-corrected chi connectivity index (χ3v) is 3.42. The molecule has 0 saturated carbocycles. The van der Waals surface area contributed by atoms with Crippen molar-refractivity contribution >= 4 is 34.8 Å². The Labute approximate surface area is 110 Å². The second-order valence-corrected chi connectivity index (χ2v) is 5.67. The van der Waals surface area contributed by atoms with Gasteiger partial charge in [-0.15, -0.1) is 11.3 Å². The minimum absolute atomic E-state index is 0.517. The fourth-order valence-electron chi connectivity index (χ4n) is 1.43. The highest BCUT2D eigenvalue weighted by molar-refractivity contribution is 7.17. The first-order valence-corrected chi connectivity index (χ1v) is 6.60. The third kappa shape index (κ3) is 3.38. The summed E-state index contributed by atoms with van der Waals surface area (Å²) in [7, 11) is 0. The maximum absolute atomic E-state index is 5.75. The molecule has 88 valence electrons. The van der Waals surface area contributed by atoms with Gasteiger partial charge in [0, 0.05) is 12.4 Å². The van der Waals surface area contributed by atoms with Crippen LogP contribution in [0.1, 0.15) is 30.2 Å². The summed E-state index contributed by atoms with van der Waals surface area (Å²) in [6, 6.07) is 8.24. The molecule has 0 aliphatic heterocycles. The molecule has 0 aliphatic carbocycles. The lowest BCUT2D eigenvalue weighted by atomic mass is 10.0. The van der Waals surface area contributed by atoms with Crippen molar-refractivity contribution in [1.29, 1.82) is 0 Å². The quantitative estimate of drug-likeness (QED) is 0.740. The van der Waals surface area contributed by atoms with Gasteiger partial charge < -0.3 is 0 Å². The van der Waals surface area contributed by atoms with Gasteiger partial charge in [0.15, 0.2) is 4.47 Å².